The Hall–Kier alpha value is -1.96. The zero-order valence-corrected chi connectivity index (χ0v) is 10.5. The van der Waals surface area contributed by atoms with Crippen molar-refractivity contribution in [2.75, 3.05) is 6.61 Å². The molecule has 0 saturated carbocycles. The van der Waals surface area contributed by atoms with Crippen LogP contribution in [0.25, 0.3) is 21.9 Å². The molecular weight excluding hydrogens is 224 g/mol. The number of rotatable bonds is 4. The van der Waals surface area contributed by atoms with Crippen molar-refractivity contribution in [3.05, 3.63) is 42.5 Å². The van der Waals surface area contributed by atoms with Crippen LogP contribution in [0.1, 0.15) is 19.8 Å². The Morgan fingerprint density at radius 1 is 1.00 bits per heavy atom. The fraction of sp³-hybridized carbons (Fsp3) is 0.250. The standard InChI is InChI=1S/C16H16O2/c1-2-3-11-17-15-10-6-8-13-12-7-4-5-9-14(12)18-16(13)15/h4-10H,2-3,11H2,1H3. The minimum atomic E-state index is 0.743. The number of ether oxygens (including phenoxy) is 1. The Kier molecular flexibility index (Phi) is 2.93. The van der Waals surface area contributed by atoms with E-state index in [4.69, 9.17) is 9.15 Å². The topological polar surface area (TPSA) is 22.4 Å². The second kappa shape index (κ2) is 4.73. The maximum absolute atomic E-state index is 5.89. The van der Waals surface area contributed by atoms with E-state index in [0.29, 0.717) is 0 Å². The molecule has 0 atom stereocenters. The van der Waals surface area contributed by atoms with Crippen LogP contribution in [0.2, 0.25) is 0 Å². The third-order valence-electron chi connectivity index (χ3n) is 3.12. The molecule has 3 aromatic rings. The van der Waals surface area contributed by atoms with E-state index in [2.05, 4.69) is 19.1 Å². The predicted octanol–water partition coefficient (Wildman–Crippen LogP) is 4.76. The van der Waals surface area contributed by atoms with Gasteiger partial charge in [0.1, 0.15) is 5.58 Å². The number of hydrogen-bond donors (Lipinski definition) is 0. The zero-order chi connectivity index (χ0) is 12.4. The van der Waals surface area contributed by atoms with Crippen molar-refractivity contribution in [2.24, 2.45) is 0 Å². The largest absolute Gasteiger partial charge is 0.490 e. The van der Waals surface area contributed by atoms with Gasteiger partial charge in [-0.25, -0.2) is 0 Å². The van der Waals surface area contributed by atoms with E-state index in [9.17, 15) is 0 Å². The first kappa shape index (κ1) is 11.1. The summed E-state index contributed by atoms with van der Waals surface area (Å²) in [6.45, 7) is 2.90. The van der Waals surface area contributed by atoms with E-state index in [1.165, 1.54) is 0 Å². The molecule has 1 heterocycles. The van der Waals surface area contributed by atoms with E-state index < -0.39 is 0 Å². The monoisotopic (exact) mass is 240 g/mol. The van der Waals surface area contributed by atoms with Gasteiger partial charge in [0.15, 0.2) is 11.3 Å². The van der Waals surface area contributed by atoms with Gasteiger partial charge in [-0.05, 0) is 18.6 Å². The van der Waals surface area contributed by atoms with Gasteiger partial charge in [-0.2, -0.15) is 0 Å². The van der Waals surface area contributed by atoms with Crippen LogP contribution in [0.5, 0.6) is 5.75 Å². The third-order valence-corrected chi connectivity index (χ3v) is 3.12. The summed E-state index contributed by atoms with van der Waals surface area (Å²) < 4.78 is 11.7. The maximum atomic E-state index is 5.89. The molecule has 0 amide bonds. The first-order chi connectivity index (χ1) is 8.90. The number of benzene rings is 2. The molecule has 0 bridgehead atoms. The Bertz CT molecular complexity index is 667. The van der Waals surface area contributed by atoms with E-state index in [0.717, 1.165) is 47.1 Å². The highest BCUT2D eigenvalue weighted by Crippen LogP contribution is 2.34. The molecule has 18 heavy (non-hydrogen) atoms. The molecule has 3 rings (SSSR count). The lowest BCUT2D eigenvalue weighted by atomic mass is 10.1. The minimum Gasteiger partial charge on any atom is -0.490 e. The maximum Gasteiger partial charge on any atom is 0.177 e. The highest BCUT2D eigenvalue weighted by molar-refractivity contribution is 6.06. The van der Waals surface area contributed by atoms with E-state index in [1.807, 2.05) is 30.3 Å². The number of para-hydroxylation sites is 2. The summed E-state index contributed by atoms with van der Waals surface area (Å²) in [6, 6.07) is 14.2. The van der Waals surface area contributed by atoms with Gasteiger partial charge in [0.05, 0.1) is 6.61 Å². The highest BCUT2D eigenvalue weighted by atomic mass is 16.5. The van der Waals surface area contributed by atoms with Crippen LogP contribution in [0.4, 0.5) is 0 Å². The molecule has 2 aromatic carbocycles. The molecule has 92 valence electrons. The molecule has 1 aromatic heterocycles. The van der Waals surface area contributed by atoms with Gasteiger partial charge in [-0.3, -0.25) is 0 Å². The minimum absolute atomic E-state index is 0.743. The molecule has 0 spiro atoms. The van der Waals surface area contributed by atoms with Crippen molar-refractivity contribution in [1.29, 1.82) is 0 Å². The van der Waals surface area contributed by atoms with Crippen molar-refractivity contribution in [3.8, 4) is 5.75 Å². The molecule has 0 aliphatic heterocycles. The van der Waals surface area contributed by atoms with Crippen LogP contribution in [0.3, 0.4) is 0 Å². The average Bonchev–Trinajstić information content (AvgIpc) is 2.79. The predicted molar refractivity (Wildman–Crippen MR) is 74.1 cm³/mol. The summed E-state index contributed by atoms with van der Waals surface area (Å²) in [5.74, 6) is 0.845. The first-order valence-corrected chi connectivity index (χ1v) is 6.43. The normalized spacial score (nSPS) is 11.2. The summed E-state index contributed by atoms with van der Waals surface area (Å²) in [5, 5.41) is 2.27. The van der Waals surface area contributed by atoms with Crippen molar-refractivity contribution in [1.82, 2.24) is 0 Å². The number of fused-ring (bicyclic) bond motifs is 3. The van der Waals surface area contributed by atoms with E-state index in [1.54, 1.807) is 0 Å². The van der Waals surface area contributed by atoms with Crippen molar-refractivity contribution >= 4 is 21.9 Å². The molecule has 2 heteroatoms. The quantitative estimate of drug-likeness (QED) is 0.613. The van der Waals surface area contributed by atoms with Gasteiger partial charge < -0.3 is 9.15 Å². The summed E-state index contributed by atoms with van der Waals surface area (Å²) in [6.07, 6.45) is 2.20. The van der Waals surface area contributed by atoms with Crippen molar-refractivity contribution in [3.63, 3.8) is 0 Å². The Morgan fingerprint density at radius 3 is 2.72 bits per heavy atom. The molecule has 0 unspecified atom stereocenters. The molecular formula is C16H16O2. The lowest BCUT2D eigenvalue weighted by Crippen LogP contribution is -1.96. The fourth-order valence-electron chi connectivity index (χ4n) is 2.16. The smallest absolute Gasteiger partial charge is 0.177 e. The van der Waals surface area contributed by atoms with Crippen molar-refractivity contribution < 1.29 is 9.15 Å². The van der Waals surface area contributed by atoms with E-state index in [-0.39, 0.29) is 0 Å². The highest BCUT2D eigenvalue weighted by Gasteiger charge is 2.10. The first-order valence-electron chi connectivity index (χ1n) is 6.43. The average molecular weight is 240 g/mol. The van der Waals surface area contributed by atoms with Gasteiger partial charge in [0, 0.05) is 10.8 Å². The lowest BCUT2D eigenvalue weighted by molar-refractivity contribution is 0.309. The second-order valence-electron chi connectivity index (χ2n) is 4.43. The molecule has 2 nitrogen and oxygen atoms in total. The summed E-state index contributed by atoms with van der Waals surface area (Å²) in [4.78, 5) is 0. The zero-order valence-electron chi connectivity index (χ0n) is 10.5. The molecule has 0 aliphatic rings. The van der Waals surface area contributed by atoms with Gasteiger partial charge in [0.2, 0.25) is 0 Å². The third kappa shape index (κ3) is 1.84. The van der Waals surface area contributed by atoms with Crippen LogP contribution < -0.4 is 4.74 Å². The Morgan fingerprint density at radius 2 is 1.83 bits per heavy atom. The lowest BCUT2D eigenvalue weighted by Gasteiger charge is -2.04. The van der Waals surface area contributed by atoms with Crippen LogP contribution in [-0.4, -0.2) is 6.61 Å². The van der Waals surface area contributed by atoms with Gasteiger partial charge in [-0.15, -0.1) is 0 Å². The van der Waals surface area contributed by atoms with Crippen LogP contribution in [0.15, 0.2) is 46.9 Å². The molecule has 0 N–H and O–H groups in total. The summed E-state index contributed by atoms with van der Waals surface area (Å²) in [5.41, 5.74) is 1.77. The molecule has 0 aliphatic carbocycles. The fourth-order valence-corrected chi connectivity index (χ4v) is 2.16. The molecule has 0 saturated heterocycles. The van der Waals surface area contributed by atoms with Gasteiger partial charge >= 0.3 is 0 Å². The Balaban J connectivity index is 2.09. The Labute approximate surface area is 106 Å². The molecule has 0 fully saturated rings. The second-order valence-corrected chi connectivity index (χ2v) is 4.43. The SMILES string of the molecule is CCCCOc1cccc2c1oc1ccccc12. The number of hydrogen-bond acceptors (Lipinski definition) is 2. The number of unbranched alkanes of at least 4 members (excludes halogenated alkanes) is 1. The van der Waals surface area contributed by atoms with E-state index >= 15 is 0 Å². The van der Waals surface area contributed by atoms with Gasteiger partial charge in [-0.1, -0.05) is 43.7 Å². The van der Waals surface area contributed by atoms with Crippen molar-refractivity contribution in [2.45, 2.75) is 19.8 Å². The van der Waals surface area contributed by atoms with Crippen LogP contribution in [0, 0.1) is 0 Å². The molecule has 0 radical (unpaired) electrons. The number of furan rings is 1. The van der Waals surface area contributed by atoms with Crippen LogP contribution >= 0.6 is 0 Å². The summed E-state index contributed by atoms with van der Waals surface area (Å²) in [7, 11) is 0. The van der Waals surface area contributed by atoms with Gasteiger partial charge in [0.25, 0.3) is 0 Å². The summed E-state index contributed by atoms with van der Waals surface area (Å²) >= 11 is 0. The van der Waals surface area contributed by atoms with Crippen LogP contribution in [-0.2, 0) is 0 Å².